The molecule has 1 fully saturated rings. The molecule has 0 aromatic carbocycles. The molecule has 18 heavy (non-hydrogen) atoms. The summed E-state index contributed by atoms with van der Waals surface area (Å²) in [7, 11) is 1.68. The summed E-state index contributed by atoms with van der Waals surface area (Å²) in [4.78, 5) is 0. The molecule has 0 radical (unpaired) electrons. The van der Waals surface area contributed by atoms with E-state index in [4.69, 9.17) is 16.3 Å². The maximum Gasteiger partial charge on any atom is 0.0820 e. The minimum absolute atomic E-state index is 0.209. The van der Waals surface area contributed by atoms with Gasteiger partial charge in [0, 0.05) is 13.0 Å². The molecule has 0 amide bonds. The van der Waals surface area contributed by atoms with E-state index in [1.807, 2.05) is 4.68 Å². The van der Waals surface area contributed by atoms with Crippen molar-refractivity contribution < 1.29 is 9.84 Å². The van der Waals surface area contributed by atoms with Crippen molar-refractivity contribution in [3.8, 4) is 0 Å². The van der Waals surface area contributed by atoms with Crippen LogP contribution in [0.15, 0.2) is 6.20 Å². The predicted octanol–water partition coefficient (Wildman–Crippen LogP) is 2.59. The highest BCUT2D eigenvalue weighted by molar-refractivity contribution is 6.31. The lowest BCUT2D eigenvalue weighted by Crippen LogP contribution is -2.16. The lowest BCUT2D eigenvalue weighted by molar-refractivity contribution is 0.149. The molecule has 0 aliphatic heterocycles. The molecule has 1 aromatic heterocycles. The van der Waals surface area contributed by atoms with Crippen molar-refractivity contribution in [1.82, 2.24) is 9.78 Å². The number of aliphatic hydroxyl groups excluding tert-OH is 1. The zero-order valence-corrected chi connectivity index (χ0v) is 11.6. The van der Waals surface area contributed by atoms with Crippen LogP contribution in [0.5, 0.6) is 0 Å². The Morgan fingerprint density at radius 1 is 1.50 bits per heavy atom. The summed E-state index contributed by atoms with van der Waals surface area (Å²) in [5.41, 5.74) is 1.06. The minimum Gasteiger partial charge on any atom is -0.393 e. The van der Waals surface area contributed by atoms with E-state index in [1.54, 1.807) is 13.3 Å². The second kappa shape index (κ2) is 6.55. The highest BCUT2D eigenvalue weighted by Gasteiger charge is 2.25. The number of methoxy groups -OCH3 is 1. The van der Waals surface area contributed by atoms with E-state index in [-0.39, 0.29) is 6.10 Å². The first-order valence-electron chi connectivity index (χ1n) is 6.60. The maximum atomic E-state index is 9.92. The molecule has 1 aliphatic rings. The molecule has 1 saturated carbocycles. The maximum absolute atomic E-state index is 9.92. The van der Waals surface area contributed by atoms with Crippen LogP contribution in [-0.2, 0) is 11.3 Å². The first-order valence-corrected chi connectivity index (χ1v) is 6.98. The van der Waals surface area contributed by atoms with E-state index in [2.05, 4.69) is 5.10 Å². The van der Waals surface area contributed by atoms with Gasteiger partial charge in [0.1, 0.15) is 0 Å². The number of rotatable bonds is 4. The smallest absolute Gasteiger partial charge is 0.0820 e. The molecular formula is C13H21ClN2O2. The van der Waals surface area contributed by atoms with Crippen LogP contribution in [0.25, 0.3) is 0 Å². The van der Waals surface area contributed by atoms with Crippen molar-refractivity contribution in [2.24, 2.45) is 0 Å². The average Bonchev–Trinajstić information content (AvgIpc) is 2.57. The second-order valence-electron chi connectivity index (χ2n) is 4.96. The average molecular weight is 273 g/mol. The Morgan fingerprint density at radius 2 is 2.28 bits per heavy atom. The monoisotopic (exact) mass is 272 g/mol. The SMILES string of the molecule is COCCn1ncc(Cl)c1C1CCCCC(O)C1. The largest absolute Gasteiger partial charge is 0.393 e. The fourth-order valence-electron chi connectivity index (χ4n) is 2.72. The Labute approximate surface area is 113 Å². The summed E-state index contributed by atoms with van der Waals surface area (Å²) in [6, 6.07) is 0. The predicted molar refractivity (Wildman–Crippen MR) is 70.9 cm³/mol. The molecule has 1 heterocycles. The Hall–Kier alpha value is -0.580. The number of aromatic nitrogens is 2. The van der Waals surface area contributed by atoms with Gasteiger partial charge >= 0.3 is 0 Å². The first kappa shape index (κ1) is 13.8. The lowest BCUT2D eigenvalue weighted by atomic mass is 9.95. The van der Waals surface area contributed by atoms with E-state index in [0.717, 1.165) is 37.8 Å². The molecule has 0 bridgehead atoms. The zero-order chi connectivity index (χ0) is 13.0. The van der Waals surface area contributed by atoms with Crippen LogP contribution in [0.3, 0.4) is 0 Å². The Morgan fingerprint density at radius 3 is 3.06 bits per heavy atom. The van der Waals surface area contributed by atoms with Crippen LogP contribution in [0.2, 0.25) is 5.02 Å². The Bertz CT molecular complexity index is 381. The van der Waals surface area contributed by atoms with Gasteiger partial charge in [-0.15, -0.1) is 0 Å². The highest BCUT2D eigenvalue weighted by atomic mass is 35.5. The van der Waals surface area contributed by atoms with Crippen molar-refractivity contribution in [3.63, 3.8) is 0 Å². The van der Waals surface area contributed by atoms with Gasteiger partial charge in [-0.2, -0.15) is 5.10 Å². The topological polar surface area (TPSA) is 47.3 Å². The van der Waals surface area contributed by atoms with E-state index >= 15 is 0 Å². The number of halogens is 1. The van der Waals surface area contributed by atoms with Crippen LogP contribution >= 0.6 is 11.6 Å². The minimum atomic E-state index is -0.209. The number of ether oxygens (including phenoxy) is 1. The normalized spacial score (nSPS) is 25.1. The summed E-state index contributed by atoms with van der Waals surface area (Å²) >= 11 is 6.25. The van der Waals surface area contributed by atoms with Gasteiger partial charge in [-0.25, -0.2) is 0 Å². The first-order chi connectivity index (χ1) is 8.72. The van der Waals surface area contributed by atoms with Crippen LogP contribution in [0.4, 0.5) is 0 Å². The quantitative estimate of drug-likeness (QED) is 0.857. The lowest BCUT2D eigenvalue weighted by Gasteiger charge is -2.18. The summed E-state index contributed by atoms with van der Waals surface area (Å²) in [5, 5.41) is 14.9. The van der Waals surface area contributed by atoms with Crippen LogP contribution in [-0.4, -0.2) is 34.7 Å². The number of aliphatic hydroxyl groups is 1. The third kappa shape index (κ3) is 3.25. The van der Waals surface area contributed by atoms with Crippen molar-refractivity contribution >= 4 is 11.6 Å². The molecule has 1 aromatic rings. The fourth-order valence-corrected chi connectivity index (χ4v) is 3.01. The summed E-state index contributed by atoms with van der Waals surface area (Å²) in [6.07, 6.45) is 6.51. The number of hydrogen-bond donors (Lipinski definition) is 1. The summed E-state index contributed by atoms with van der Waals surface area (Å²) < 4.78 is 7.02. The van der Waals surface area contributed by atoms with Crippen molar-refractivity contribution in [1.29, 1.82) is 0 Å². The molecule has 1 N–H and O–H groups in total. The molecule has 2 unspecified atom stereocenters. The molecule has 102 valence electrons. The van der Waals surface area contributed by atoms with Crippen molar-refractivity contribution in [3.05, 3.63) is 16.9 Å². The van der Waals surface area contributed by atoms with Gasteiger partial charge in [-0.05, 0) is 19.3 Å². The Balaban J connectivity index is 2.16. The van der Waals surface area contributed by atoms with Crippen molar-refractivity contribution in [2.45, 2.75) is 50.7 Å². The molecule has 2 atom stereocenters. The summed E-state index contributed by atoms with van der Waals surface area (Å²) in [6.45, 7) is 1.34. The number of hydrogen-bond acceptors (Lipinski definition) is 3. The van der Waals surface area contributed by atoms with E-state index < -0.39 is 0 Å². The van der Waals surface area contributed by atoms with Crippen molar-refractivity contribution in [2.75, 3.05) is 13.7 Å². The van der Waals surface area contributed by atoms with Gasteiger partial charge in [0.15, 0.2) is 0 Å². The van der Waals surface area contributed by atoms with Gasteiger partial charge in [-0.1, -0.05) is 24.4 Å². The van der Waals surface area contributed by atoms with Gasteiger partial charge in [0.05, 0.1) is 36.2 Å². The van der Waals surface area contributed by atoms with Gasteiger partial charge < -0.3 is 9.84 Å². The van der Waals surface area contributed by atoms with Gasteiger partial charge in [-0.3, -0.25) is 4.68 Å². The molecule has 1 aliphatic carbocycles. The zero-order valence-electron chi connectivity index (χ0n) is 10.8. The fraction of sp³-hybridized carbons (Fsp3) is 0.769. The van der Waals surface area contributed by atoms with Gasteiger partial charge in [0.25, 0.3) is 0 Å². The Kier molecular flexibility index (Phi) is 5.03. The molecule has 0 spiro atoms. The van der Waals surface area contributed by atoms with Crippen LogP contribution < -0.4 is 0 Å². The molecule has 4 nitrogen and oxygen atoms in total. The standard InChI is InChI=1S/C13H21ClN2O2/c1-18-7-6-16-13(12(14)9-15-16)10-4-2-3-5-11(17)8-10/h9-11,17H,2-8H2,1H3. The third-order valence-corrected chi connectivity index (χ3v) is 3.91. The van der Waals surface area contributed by atoms with Crippen LogP contribution in [0.1, 0.15) is 43.7 Å². The number of nitrogens with zero attached hydrogens (tertiary/aromatic N) is 2. The van der Waals surface area contributed by atoms with E-state index in [9.17, 15) is 5.11 Å². The highest BCUT2D eigenvalue weighted by Crippen LogP contribution is 2.35. The third-order valence-electron chi connectivity index (χ3n) is 3.62. The van der Waals surface area contributed by atoms with E-state index in [1.165, 1.54) is 0 Å². The molecule has 5 heteroatoms. The summed E-state index contributed by atoms with van der Waals surface area (Å²) in [5.74, 6) is 0.314. The van der Waals surface area contributed by atoms with E-state index in [0.29, 0.717) is 24.1 Å². The van der Waals surface area contributed by atoms with Gasteiger partial charge in [0.2, 0.25) is 0 Å². The molecule has 2 rings (SSSR count). The van der Waals surface area contributed by atoms with Crippen LogP contribution in [0, 0.1) is 0 Å². The second-order valence-corrected chi connectivity index (χ2v) is 5.37. The molecular weight excluding hydrogens is 252 g/mol. The molecule has 0 saturated heterocycles.